The summed E-state index contributed by atoms with van der Waals surface area (Å²) in [4.78, 5) is 3.17. The molecule has 2 aromatic carbocycles. The molecular weight excluding hydrogens is 312 g/mol. The average Bonchev–Trinajstić information content (AvgIpc) is 3.07. The highest BCUT2D eigenvalue weighted by Crippen LogP contribution is 2.24. The number of nitrogens with one attached hydrogen (secondary N) is 2. The summed E-state index contributed by atoms with van der Waals surface area (Å²) in [6.07, 6.45) is 4.69. The maximum absolute atomic E-state index is 10.1. The van der Waals surface area contributed by atoms with Crippen LogP contribution in [0.3, 0.4) is 0 Å². The van der Waals surface area contributed by atoms with E-state index < -0.39 is 6.10 Å². The maximum atomic E-state index is 10.1. The summed E-state index contributed by atoms with van der Waals surface area (Å²) < 4.78 is 5.74. The standard InChI is InChI=1S/C21H26N2O2/c24-18(14-22-13-7-6-10-17-8-2-1-3-9-17)16-25-21-15-23-20-12-5-4-11-19(20)21/h1-5,8-9,11-12,15,18,22-24H,6-7,10,13-14,16H2. The van der Waals surface area contributed by atoms with Gasteiger partial charge in [0.1, 0.15) is 18.5 Å². The molecule has 0 aliphatic rings. The molecule has 25 heavy (non-hydrogen) atoms. The number of aliphatic hydroxyl groups is 1. The Morgan fingerprint density at radius 3 is 2.68 bits per heavy atom. The van der Waals surface area contributed by atoms with Gasteiger partial charge in [0.05, 0.1) is 0 Å². The molecule has 3 aromatic rings. The van der Waals surface area contributed by atoms with Crippen LogP contribution in [-0.4, -0.2) is 35.9 Å². The molecule has 0 amide bonds. The van der Waals surface area contributed by atoms with Gasteiger partial charge in [-0.1, -0.05) is 42.5 Å². The van der Waals surface area contributed by atoms with Crippen LogP contribution in [0, 0.1) is 0 Å². The Hall–Kier alpha value is -2.30. The lowest BCUT2D eigenvalue weighted by Gasteiger charge is -2.13. The van der Waals surface area contributed by atoms with Gasteiger partial charge in [0.15, 0.2) is 0 Å². The van der Waals surface area contributed by atoms with E-state index >= 15 is 0 Å². The Morgan fingerprint density at radius 2 is 1.80 bits per heavy atom. The first kappa shape index (κ1) is 17.5. The van der Waals surface area contributed by atoms with E-state index in [1.165, 1.54) is 5.56 Å². The van der Waals surface area contributed by atoms with Crippen molar-refractivity contribution in [2.24, 2.45) is 0 Å². The second-order valence-electron chi connectivity index (χ2n) is 6.31. The van der Waals surface area contributed by atoms with Crippen LogP contribution in [0.5, 0.6) is 5.75 Å². The zero-order valence-corrected chi connectivity index (χ0v) is 14.4. The maximum Gasteiger partial charge on any atom is 0.144 e. The highest BCUT2D eigenvalue weighted by Gasteiger charge is 2.08. The van der Waals surface area contributed by atoms with Crippen LogP contribution in [0.15, 0.2) is 60.8 Å². The fraction of sp³-hybridized carbons (Fsp3) is 0.333. The lowest BCUT2D eigenvalue weighted by molar-refractivity contribution is 0.107. The molecular formula is C21H26N2O2. The summed E-state index contributed by atoms with van der Waals surface area (Å²) in [7, 11) is 0. The Morgan fingerprint density at radius 1 is 1.00 bits per heavy atom. The Labute approximate surface area is 148 Å². The second kappa shape index (κ2) is 9.25. The number of H-pyrrole nitrogens is 1. The molecule has 4 heteroatoms. The number of benzene rings is 2. The molecule has 1 heterocycles. The SMILES string of the molecule is OC(CNCCCCc1ccccc1)COc1c[nH]c2ccccc12. The summed E-state index contributed by atoms with van der Waals surface area (Å²) >= 11 is 0. The number of aryl methyl sites for hydroxylation is 1. The summed E-state index contributed by atoms with van der Waals surface area (Å²) in [6.45, 7) is 1.75. The van der Waals surface area contributed by atoms with Crippen molar-refractivity contribution in [3.05, 3.63) is 66.4 Å². The van der Waals surface area contributed by atoms with E-state index in [1.807, 2.05) is 36.5 Å². The third-order valence-electron chi connectivity index (χ3n) is 4.27. The van der Waals surface area contributed by atoms with Gasteiger partial charge in [0, 0.05) is 23.6 Å². The molecule has 0 aliphatic carbocycles. The molecule has 1 aromatic heterocycles. The first-order valence-corrected chi connectivity index (χ1v) is 8.94. The third-order valence-corrected chi connectivity index (χ3v) is 4.27. The van der Waals surface area contributed by atoms with Crippen molar-refractivity contribution in [3.63, 3.8) is 0 Å². The van der Waals surface area contributed by atoms with Crippen molar-refractivity contribution >= 4 is 10.9 Å². The van der Waals surface area contributed by atoms with Gasteiger partial charge in [-0.25, -0.2) is 0 Å². The number of hydrogen-bond acceptors (Lipinski definition) is 3. The fourth-order valence-electron chi connectivity index (χ4n) is 2.90. The van der Waals surface area contributed by atoms with E-state index in [0.717, 1.165) is 42.5 Å². The molecule has 3 N–H and O–H groups in total. The molecule has 4 nitrogen and oxygen atoms in total. The second-order valence-corrected chi connectivity index (χ2v) is 6.31. The van der Waals surface area contributed by atoms with Crippen LogP contribution in [0.4, 0.5) is 0 Å². The van der Waals surface area contributed by atoms with Crippen LogP contribution in [-0.2, 0) is 6.42 Å². The minimum Gasteiger partial charge on any atom is -0.489 e. The smallest absolute Gasteiger partial charge is 0.144 e. The number of aromatic nitrogens is 1. The normalized spacial score (nSPS) is 12.4. The number of hydrogen-bond donors (Lipinski definition) is 3. The fourth-order valence-corrected chi connectivity index (χ4v) is 2.90. The molecule has 0 saturated heterocycles. The number of fused-ring (bicyclic) bond motifs is 1. The zero-order chi connectivity index (χ0) is 17.3. The van der Waals surface area contributed by atoms with Crippen molar-refractivity contribution in [3.8, 4) is 5.75 Å². The minimum absolute atomic E-state index is 0.291. The number of unbranched alkanes of at least 4 members (excludes halogenated alkanes) is 1. The van der Waals surface area contributed by atoms with Gasteiger partial charge in [-0.15, -0.1) is 0 Å². The van der Waals surface area contributed by atoms with E-state index in [-0.39, 0.29) is 0 Å². The van der Waals surface area contributed by atoms with Crippen molar-refractivity contribution in [1.29, 1.82) is 0 Å². The topological polar surface area (TPSA) is 57.3 Å². The van der Waals surface area contributed by atoms with Crippen LogP contribution >= 0.6 is 0 Å². The highest BCUT2D eigenvalue weighted by molar-refractivity contribution is 5.85. The summed E-state index contributed by atoms with van der Waals surface area (Å²) in [6, 6.07) is 18.5. The van der Waals surface area contributed by atoms with Gasteiger partial charge < -0.3 is 20.1 Å². The minimum atomic E-state index is -0.511. The molecule has 0 saturated carbocycles. The Kier molecular flexibility index (Phi) is 6.48. The summed E-state index contributed by atoms with van der Waals surface area (Å²) in [5.41, 5.74) is 2.43. The van der Waals surface area contributed by atoms with Gasteiger partial charge in [0.2, 0.25) is 0 Å². The highest BCUT2D eigenvalue weighted by atomic mass is 16.5. The number of para-hydroxylation sites is 1. The monoisotopic (exact) mass is 338 g/mol. The molecule has 0 bridgehead atoms. The van der Waals surface area contributed by atoms with Crippen LogP contribution in [0.2, 0.25) is 0 Å². The van der Waals surface area contributed by atoms with Gasteiger partial charge in [0.25, 0.3) is 0 Å². The van der Waals surface area contributed by atoms with Crippen LogP contribution < -0.4 is 10.1 Å². The van der Waals surface area contributed by atoms with Gasteiger partial charge in [-0.2, -0.15) is 0 Å². The predicted octanol–water partition coefficient (Wildman–Crippen LogP) is 3.52. The van der Waals surface area contributed by atoms with Crippen molar-refractivity contribution in [1.82, 2.24) is 10.3 Å². The van der Waals surface area contributed by atoms with Crippen molar-refractivity contribution < 1.29 is 9.84 Å². The van der Waals surface area contributed by atoms with Gasteiger partial charge in [-0.3, -0.25) is 0 Å². The number of ether oxygens (including phenoxy) is 1. The summed E-state index contributed by atoms with van der Waals surface area (Å²) in [5, 5.41) is 14.4. The Balaban J connectivity index is 1.29. The number of aliphatic hydroxyl groups excluding tert-OH is 1. The first-order valence-electron chi connectivity index (χ1n) is 8.94. The molecule has 0 radical (unpaired) electrons. The van der Waals surface area contributed by atoms with E-state index in [0.29, 0.717) is 13.2 Å². The average molecular weight is 338 g/mol. The van der Waals surface area contributed by atoms with Crippen LogP contribution in [0.25, 0.3) is 10.9 Å². The summed E-state index contributed by atoms with van der Waals surface area (Å²) in [5.74, 6) is 0.789. The predicted molar refractivity (Wildman–Crippen MR) is 102 cm³/mol. The van der Waals surface area contributed by atoms with E-state index in [4.69, 9.17) is 4.74 Å². The lowest BCUT2D eigenvalue weighted by Crippen LogP contribution is -2.32. The first-order chi connectivity index (χ1) is 12.3. The van der Waals surface area contributed by atoms with Gasteiger partial charge >= 0.3 is 0 Å². The van der Waals surface area contributed by atoms with Crippen molar-refractivity contribution in [2.75, 3.05) is 19.7 Å². The molecule has 0 fully saturated rings. The molecule has 0 spiro atoms. The Bertz CT molecular complexity index is 755. The molecule has 1 atom stereocenters. The van der Waals surface area contributed by atoms with Crippen molar-refractivity contribution in [2.45, 2.75) is 25.4 Å². The van der Waals surface area contributed by atoms with E-state index in [9.17, 15) is 5.11 Å². The lowest BCUT2D eigenvalue weighted by atomic mass is 10.1. The van der Waals surface area contributed by atoms with Crippen LogP contribution in [0.1, 0.15) is 18.4 Å². The number of aromatic amines is 1. The molecule has 3 rings (SSSR count). The third kappa shape index (κ3) is 5.34. The van der Waals surface area contributed by atoms with Gasteiger partial charge in [-0.05, 0) is 43.5 Å². The zero-order valence-electron chi connectivity index (χ0n) is 14.4. The van der Waals surface area contributed by atoms with E-state index in [1.54, 1.807) is 0 Å². The quantitative estimate of drug-likeness (QED) is 0.496. The molecule has 1 unspecified atom stereocenters. The molecule has 132 valence electrons. The molecule has 0 aliphatic heterocycles. The number of rotatable bonds is 10. The largest absolute Gasteiger partial charge is 0.489 e. The van der Waals surface area contributed by atoms with E-state index in [2.05, 4.69) is 34.6 Å².